The summed E-state index contributed by atoms with van der Waals surface area (Å²) in [6.45, 7) is 1.91. The van der Waals surface area contributed by atoms with Crippen LogP contribution in [0.1, 0.15) is 5.56 Å². The molecule has 8 rings (SSSR count). The summed E-state index contributed by atoms with van der Waals surface area (Å²) in [6, 6.07) is 56.5. The molecule has 304 valence electrons. The van der Waals surface area contributed by atoms with Crippen LogP contribution in [-0.2, 0) is 19.7 Å². The summed E-state index contributed by atoms with van der Waals surface area (Å²) in [5.41, 5.74) is 2.91. The summed E-state index contributed by atoms with van der Waals surface area (Å²) in [5.74, 6) is 4.17. The molecule has 0 saturated heterocycles. The van der Waals surface area contributed by atoms with Crippen LogP contribution in [0, 0.1) is 6.92 Å². The van der Waals surface area contributed by atoms with Crippen molar-refractivity contribution in [2.45, 2.75) is 36.3 Å². The second-order valence-electron chi connectivity index (χ2n) is 13.8. The molecule has 61 heavy (non-hydrogen) atoms. The van der Waals surface area contributed by atoms with Crippen molar-refractivity contribution >= 4 is 31.4 Å². The number of sulfone groups is 2. The molecule has 0 unspecified atom stereocenters. The van der Waals surface area contributed by atoms with Gasteiger partial charge in [-0.05, 0) is 176 Å². The van der Waals surface area contributed by atoms with Gasteiger partial charge < -0.3 is 18.9 Å². The van der Waals surface area contributed by atoms with Crippen molar-refractivity contribution in [1.29, 1.82) is 0 Å². The first-order valence-corrected chi connectivity index (χ1v) is 22.8. The molecule has 8 nitrogen and oxygen atoms in total. The van der Waals surface area contributed by atoms with E-state index in [1.54, 1.807) is 91.7 Å². The standard InChI is InChI=1S/C50H38O8S3/c1-35-3-27-47(28-4-35)60(51,52)48-29-17-42(18-30-48)56-39-9-5-36(6-10-39)37-7-11-40(12-8-37)57-43-19-31-49(32-20-43)61(53,54)50-33-21-44(22-34-50)58-41-15-25-46(26-16-41)59-45-23-13-38(55-2)14-24-45/h3-34H,1-2H3. The van der Waals surface area contributed by atoms with Crippen LogP contribution < -0.4 is 18.9 Å². The first-order chi connectivity index (χ1) is 29.5. The van der Waals surface area contributed by atoms with Crippen molar-refractivity contribution in [3.8, 4) is 51.4 Å². The van der Waals surface area contributed by atoms with Crippen LogP contribution in [0.15, 0.2) is 223 Å². The Morgan fingerprint density at radius 3 is 0.869 bits per heavy atom. The predicted octanol–water partition coefficient (Wildman–Crippen LogP) is 12.9. The second-order valence-corrected chi connectivity index (χ2v) is 18.9. The Morgan fingerprint density at radius 1 is 0.328 bits per heavy atom. The Hall–Kier alpha value is -6.79. The Bertz CT molecular complexity index is 2950. The molecule has 0 aliphatic heterocycles. The molecule has 0 bridgehead atoms. The molecular formula is C50H38O8S3. The Morgan fingerprint density at radius 2 is 0.574 bits per heavy atom. The van der Waals surface area contributed by atoms with Gasteiger partial charge in [0.2, 0.25) is 19.7 Å². The van der Waals surface area contributed by atoms with Gasteiger partial charge in [-0.2, -0.15) is 0 Å². The molecule has 0 N–H and O–H groups in total. The molecule has 11 heteroatoms. The highest BCUT2D eigenvalue weighted by Crippen LogP contribution is 2.34. The largest absolute Gasteiger partial charge is 0.497 e. The van der Waals surface area contributed by atoms with Gasteiger partial charge in [0.15, 0.2) is 0 Å². The lowest BCUT2D eigenvalue weighted by Gasteiger charge is -2.10. The van der Waals surface area contributed by atoms with Gasteiger partial charge in [-0.3, -0.25) is 0 Å². The summed E-state index contributed by atoms with van der Waals surface area (Å²) < 4.78 is 76.1. The van der Waals surface area contributed by atoms with Crippen molar-refractivity contribution in [2.75, 3.05) is 7.11 Å². The minimum absolute atomic E-state index is 0.143. The third-order valence-electron chi connectivity index (χ3n) is 9.60. The fourth-order valence-electron chi connectivity index (χ4n) is 6.24. The zero-order valence-corrected chi connectivity index (χ0v) is 35.4. The number of hydrogen-bond donors (Lipinski definition) is 0. The van der Waals surface area contributed by atoms with E-state index in [2.05, 4.69) is 0 Å². The fraction of sp³-hybridized carbons (Fsp3) is 0.0400. The molecule has 0 saturated carbocycles. The average Bonchev–Trinajstić information content (AvgIpc) is 3.29. The van der Waals surface area contributed by atoms with Crippen molar-refractivity contribution in [1.82, 2.24) is 0 Å². The van der Waals surface area contributed by atoms with Crippen LogP contribution in [0.5, 0.6) is 40.2 Å². The highest BCUT2D eigenvalue weighted by Gasteiger charge is 2.19. The number of methoxy groups -OCH3 is 1. The van der Waals surface area contributed by atoms with E-state index in [1.165, 1.54) is 24.3 Å². The van der Waals surface area contributed by atoms with E-state index in [0.29, 0.717) is 34.5 Å². The van der Waals surface area contributed by atoms with Crippen LogP contribution in [0.25, 0.3) is 11.1 Å². The van der Waals surface area contributed by atoms with Crippen molar-refractivity contribution < 1.29 is 35.8 Å². The summed E-state index contributed by atoms with van der Waals surface area (Å²) >= 11 is 1.63. The Labute approximate surface area is 359 Å². The Kier molecular flexibility index (Phi) is 12.0. The van der Waals surface area contributed by atoms with E-state index in [1.807, 2.05) is 104 Å². The molecule has 8 aromatic rings. The molecule has 0 aromatic heterocycles. The lowest BCUT2D eigenvalue weighted by atomic mass is 10.1. The van der Waals surface area contributed by atoms with Gasteiger partial charge in [-0.15, -0.1) is 0 Å². The summed E-state index contributed by atoms with van der Waals surface area (Å²) in [4.78, 5) is 2.88. The van der Waals surface area contributed by atoms with Gasteiger partial charge in [-0.1, -0.05) is 53.7 Å². The van der Waals surface area contributed by atoms with E-state index in [0.717, 1.165) is 32.2 Å². The number of benzene rings is 8. The normalized spacial score (nSPS) is 11.4. The maximum atomic E-state index is 13.5. The van der Waals surface area contributed by atoms with Crippen molar-refractivity contribution in [2.24, 2.45) is 0 Å². The van der Waals surface area contributed by atoms with Crippen molar-refractivity contribution in [3.05, 3.63) is 200 Å². The molecule has 0 aliphatic rings. The first-order valence-electron chi connectivity index (χ1n) is 19.0. The SMILES string of the molecule is COc1ccc(Sc2ccc(Oc3ccc(S(=O)(=O)c4ccc(Oc5ccc(-c6ccc(Oc7ccc(S(=O)(=O)c8ccc(C)cc8)cc7)cc6)cc5)cc4)cc3)cc2)cc1. The highest BCUT2D eigenvalue weighted by atomic mass is 32.2. The van der Waals surface area contributed by atoms with E-state index in [9.17, 15) is 16.8 Å². The zero-order chi connectivity index (χ0) is 42.4. The molecular weight excluding hydrogens is 825 g/mol. The number of aryl methyl sites for hydroxylation is 1. The van der Waals surface area contributed by atoms with Crippen LogP contribution in [-0.4, -0.2) is 23.9 Å². The fourth-order valence-corrected chi connectivity index (χ4v) is 9.58. The maximum Gasteiger partial charge on any atom is 0.206 e. The Balaban J connectivity index is 0.834. The monoisotopic (exact) mass is 862 g/mol. The van der Waals surface area contributed by atoms with E-state index >= 15 is 0 Å². The van der Waals surface area contributed by atoms with Gasteiger partial charge in [0.05, 0.1) is 26.7 Å². The third-order valence-corrected chi connectivity index (χ3v) is 14.2. The van der Waals surface area contributed by atoms with Crippen LogP contribution >= 0.6 is 11.8 Å². The van der Waals surface area contributed by atoms with Crippen LogP contribution in [0.4, 0.5) is 0 Å². The van der Waals surface area contributed by atoms with E-state index in [-0.39, 0.29) is 19.6 Å². The number of hydrogen-bond acceptors (Lipinski definition) is 9. The predicted molar refractivity (Wildman–Crippen MR) is 237 cm³/mol. The second kappa shape index (κ2) is 17.8. The molecule has 0 fully saturated rings. The van der Waals surface area contributed by atoms with E-state index < -0.39 is 19.7 Å². The summed E-state index contributed by atoms with van der Waals surface area (Å²) in [6.07, 6.45) is 0. The minimum atomic E-state index is -3.79. The number of ether oxygens (including phenoxy) is 4. The maximum absolute atomic E-state index is 13.5. The third kappa shape index (κ3) is 9.82. The van der Waals surface area contributed by atoms with Crippen LogP contribution in [0.2, 0.25) is 0 Å². The van der Waals surface area contributed by atoms with Gasteiger partial charge >= 0.3 is 0 Å². The van der Waals surface area contributed by atoms with Gasteiger partial charge in [0.1, 0.15) is 40.2 Å². The molecule has 8 aromatic carbocycles. The van der Waals surface area contributed by atoms with Gasteiger partial charge in [0.25, 0.3) is 0 Å². The minimum Gasteiger partial charge on any atom is -0.497 e. The van der Waals surface area contributed by atoms with Gasteiger partial charge in [-0.25, -0.2) is 16.8 Å². The van der Waals surface area contributed by atoms with Gasteiger partial charge in [0, 0.05) is 9.79 Å². The first kappa shape index (κ1) is 41.0. The lowest BCUT2D eigenvalue weighted by molar-refractivity contribution is 0.414. The molecule has 0 aliphatic carbocycles. The van der Waals surface area contributed by atoms with Crippen LogP contribution in [0.3, 0.4) is 0 Å². The topological polar surface area (TPSA) is 105 Å². The average molecular weight is 863 g/mol. The zero-order valence-electron chi connectivity index (χ0n) is 33.0. The molecule has 0 amide bonds. The quantitative estimate of drug-likeness (QED) is 0.106. The molecule has 0 atom stereocenters. The molecule has 0 radical (unpaired) electrons. The highest BCUT2D eigenvalue weighted by molar-refractivity contribution is 7.99. The summed E-state index contributed by atoms with van der Waals surface area (Å²) in [7, 11) is -5.77. The van der Waals surface area contributed by atoms with E-state index in [4.69, 9.17) is 18.9 Å². The summed E-state index contributed by atoms with van der Waals surface area (Å²) in [5, 5.41) is 0. The smallest absolute Gasteiger partial charge is 0.206 e. The molecule has 0 heterocycles. The van der Waals surface area contributed by atoms with Crippen molar-refractivity contribution in [3.63, 3.8) is 0 Å². The molecule has 0 spiro atoms. The lowest BCUT2D eigenvalue weighted by Crippen LogP contribution is -2.01. The number of rotatable bonds is 14.